The third kappa shape index (κ3) is 4.00. The number of unbranched alkanes of at least 4 members (excludes halogenated alkanes) is 3. The molecule has 1 rings (SSSR count). The van der Waals surface area contributed by atoms with Crippen LogP contribution in [-0.2, 0) is 9.59 Å². The van der Waals surface area contributed by atoms with Gasteiger partial charge in [0.05, 0.1) is 11.8 Å². The highest BCUT2D eigenvalue weighted by Gasteiger charge is 2.39. The Bertz CT molecular complexity index is 259. The van der Waals surface area contributed by atoms with Gasteiger partial charge in [0, 0.05) is 13.1 Å². The van der Waals surface area contributed by atoms with Crippen LogP contribution in [0.25, 0.3) is 0 Å². The van der Waals surface area contributed by atoms with Crippen molar-refractivity contribution < 1.29 is 9.59 Å². The van der Waals surface area contributed by atoms with Crippen LogP contribution in [-0.4, -0.2) is 36.3 Å². The zero-order valence-electron chi connectivity index (χ0n) is 10.5. The molecule has 2 atom stereocenters. The van der Waals surface area contributed by atoms with Gasteiger partial charge in [0.25, 0.3) is 0 Å². The van der Waals surface area contributed by atoms with Crippen LogP contribution in [0.15, 0.2) is 0 Å². The molecule has 1 aliphatic rings. The molecule has 2 unspecified atom stereocenters. The minimum atomic E-state index is -0.412. The number of carbonyl (C=O) groups excluding carboxylic acids is 2. The Labute approximate surface area is 103 Å². The molecular formula is C12H23N3O2. The first kappa shape index (κ1) is 14.0. The zero-order chi connectivity index (χ0) is 12.8. The van der Waals surface area contributed by atoms with E-state index in [4.69, 9.17) is 11.5 Å². The fourth-order valence-corrected chi connectivity index (χ4v) is 2.41. The average molecular weight is 241 g/mol. The van der Waals surface area contributed by atoms with Gasteiger partial charge in [-0.05, 0) is 13.0 Å². The molecule has 0 saturated carbocycles. The summed E-state index contributed by atoms with van der Waals surface area (Å²) >= 11 is 0. The maximum atomic E-state index is 11.2. The third-order valence-corrected chi connectivity index (χ3v) is 3.45. The van der Waals surface area contributed by atoms with Gasteiger partial charge in [-0.25, -0.2) is 0 Å². The molecule has 0 aliphatic carbocycles. The summed E-state index contributed by atoms with van der Waals surface area (Å²) in [7, 11) is 0. The van der Waals surface area contributed by atoms with E-state index < -0.39 is 23.7 Å². The summed E-state index contributed by atoms with van der Waals surface area (Å²) < 4.78 is 0. The van der Waals surface area contributed by atoms with E-state index in [9.17, 15) is 9.59 Å². The molecule has 1 saturated heterocycles. The molecule has 0 bridgehead atoms. The molecular weight excluding hydrogens is 218 g/mol. The van der Waals surface area contributed by atoms with Crippen LogP contribution in [0, 0.1) is 11.8 Å². The fourth-order valence-electron chi connectivity index (χ4n) is 2.41. The highest BCUT2D eigenvalue weighted by atomic mass is 16.2. The Morgan fingerprint density at radius 1 is 1.06 bits per heavy atom. The number of likely N-dealkylation sites (tertiary alicyclic amines) is 1. The van der Waals surface area contributed by atoms with Gasteiger partial charge >= 0.3 is 0 Å². The number of rotatable bonds is 7. The molecule has 0 spiro atoms. The van der Waals surface area contributed by atoms with E-state index in [0.29, 0.717) is 13.1 Å². The minimum absolute atomic E-state index is 0.404. The molecule has 0 radical (unpaired) electrons. The van der Waals surface area contributed by atoms with Gasteiger partial charge in [0.1, 0.15) is 0 Å². The molecule has 98 valence electrons. The summed E-state index contributed by atoms with van der Waals surface area (Å²) in [4.78, 5) is 24.6. The topological polar surface area (TPSA) is 89.4 Å². The number of primary amides is 2. The average Bonchev–Trinajstić information content (AvgIpc) is 2.69. The summed E-state index contributed by atoms with van der Waals surface area (Å²) in [6.45, 7) is 4.25. The maximum absolute atomic E-state index is 11.2. The molecule has 0 aromatic heterocycles. The zero-order valence-corrected chi connectivity index (χ0v) is 10.5. The second kappa shape index (κ2) is 6.59. The van der Waals surface area contributed by atoms with Crippen molar-refractivity contribution in [2.24, 2.45) is 23.3 Å². The van der Waals surface area contributed by atoms with Crippen LogP contribution in [0.4, 0.5) is 0 Å². The highest BCUT2D eigenvalue weighted by Crippen LogP contribution is 2.23. The molecule has 5 heteroatoms. The molecule has 2 amide bonds. The summed E-state index contributed by atoms with van der Waals surface area (Å²) in [6.07, 6.45) is 4.72. The Kier molecular flexibility index (Phi) is 5.41. The molecule has 1 heterocycles. The van der Waals surface area contributed by atoms with E-state index in [1.54, 1.807) is 0 Å². The first-order valence-electron chi connectivity index (χ1n) is 6.37. The van der Waals surface area contributed by atoms with Crippen LogP contribution in [0.5, 0.6) is 0 Å². The van der Waals surface area contributed by atoms with E-state index in [-0.39, 0.29) is 0 Å². The highest BCUT2D eigenvalue weighted by molar-refractivity contribution is 5.87. The van der Waals surface area contributed by atoms with Crippen molar-refractivity contribution in [3.05, 3.63) is 0 Å². The lowest BCUT2D eigenvalue weighted by Crippen LogP contribution is -2.36. The summed E-state index contributed by atoms with van der Waals surface area (Å²) in [6, 6.07) is 0. The molecule has 4 N–H and O–H groups in total. The number of amides is 2. The van der Waals surface area contributed by atoms with E-state index in [0.717, 1.165) is 13.0 Å². The van der Waals surface area contributed by atoms with Gasteiger partial charge in [0.2, 0.25) is 11.8 Å². The molecule has 1 fully saturated rings. The maximum Gasteiger partial charge on any atom is 0.222 e. The van der Waals surface area contributed by atoms with Crippen molar-refractivity contribution in [3.8, 4) is 0 Å². The van der Waals surface area contributed by atoms with Gasteiger partial charge in [-0.15, -0.1) is 0 Å². The van der Waals surface area contributed by atoms with E-state index in [2.05, 4.69) is 11.8 Å². The van der Waals surface area contributed by atoms with Crippen molar-refractivity contribution in [2.45, 2.75) is 32.6 Å². The lowest BCUT2D eigenvalue weighted by atomic mass is 9.95. The standard InChI is InChI=1S/C12H23N3O2/c1-2-3-4-5-6-15-7-9(11(13)16)10(8-15)12(14)17/h9-10H,2-8H2,1H3,(H2,13,16)(H2,14,17). The van der Waals surface area contributed by atoms with Crippen LogP contribution < -0.4 is 11.5 Å². The third-order valence-electron chi connectivity index (χ3n) is 3.45. The number of hydrogen-bond acceptors (Lipinski definition) is 3. The lowest BCUT2D eigenvalue weighted by Gasteiger charge is -2.14. The Morgan fingerprint density at radius 2 is 1.59 bits per heavy atom. The smallest absolute Gasteiger partial charge is 0.222 e. The predicted octanol–water partition coefficient (Wildman–Crippen LogP) is 0.0853. The number of nitrogens with two attached hydrogens (primary N) is 2. The number of hydrogen-bond donors (Lipinski definition) is 2. The van der Waals surface area contributed by atoms with Crippen LogP contribution in [0.2, 0.25) is 0 Å². The molecule has 0 aromatic carbocycles. The van der Waals surface area contributed by atoms with E-state index >= 15 is 0 Å². The summed E-state index contributed by atoms with van der Waals surface area (Å²) in [5.41, 5.74) is 10.6. The summed E-state index contributed by atoms with van der Waals surface area (Å²) in [5, 5.41) is 0. The second-order valence-corrected chi connectivity index (χ2v) is 4.84. The lowest BCUT2D eigenvalue weighted by molar-refractivity contribution is -0.129. The van der Waals surface area contributed by atoms with Crippen molar-refractivity contribution in [1.29, 1.82) is 0 Å². The van der Waals surface area contributed by atoms with Crippen molar-refractivity contribution in [2.75, 3.05) is 19.6 Å². The van der Waals surface area contributed by atoms with Gasteiger partial charge in [-0.1, -0.05) is 26.2 Å². The summed E-state index contributed by atoms with van der Waals surface area (Å²) in [5.74, 6) is -1.63. The minimum Gasteiger partial charge on any atom is -0.369 e. The molecule has 5 nitrogen and oxygen atoms in total. The van der Waals surface area contributed by atoms with Gasteiger partial charge in [0.15, 0.2) is 0 Å². The SMILES string of the molecule is CCCCCCN1CC(C(N)=O)C(C(N)=O)C1. The first-order chi connectivity index (χ1) is 8.06. The van der Waals surface area contributed by atoms with Crippen LogP contribution >= 0.6 is 0 Å². The monoisotopic (exact) mass is 241 g/mol. The van der Waals surface area contributed by atoms with E-state index in [1.807, 2.05) is 0 Å². The quantitative estimate of drug-likeness (QED) is 0.619. The van der Waals surface area contributed by atoms with Gasteiger partial charge in [-0.3, -0.25) is 9.59 Å². The van der Waals surface area contributed by atoms with Crippen LogP contribution in [0.3, 0.4) is 0 Å². The number of nitrogens with zero attached hydrogens (tertiary/aromatic N) is 1. The van der Waals surface area contributed by atoms with E-state index in [1.165, 1.54) is 19.3 Å². The van der Waals surface area contributed by atoms with Crippen molar-refractivity contribution >= 4 is 11.8 Å². The van der Waals surface area contributed by atoms with Crippen molar-refractivity contribution in [3.63, 3.8) is 0 Å². The Hall–Kier alpha value is -1.10. The molecule has 17 heavy (non-hydrogen) atoms. The van der Waals surface area contributed by atoms with Gasteiger partial charge < -0.3 is 16.4 Å². The Morgan fingerprint density at radius 3 is 2.00 bits per heavy atom. The molecule has 0 aromatic rings. The van der Waals surface area contributed by atoms with Crippen molar-refractivity contribution in [1.82, 2.24) is 4.90 Å². The van der Waals surface area contributed by atoms with Gasteiger partial charge in [-0.2, -0.15) is 0 Å². The normalized spacial score (nSPS) is 25.0. The Balaban J connectivity index is 2.40. The molecule has 1 aliphatic heterocycles. The second-order valence-electron chi connectivity index (χ2n) is 4.84. The fraction of sp³-hybridized carbons (Fsp3) is 0.833. The predicted molar refractivity (Wildman–Crippen MR) is 66.0 cm³/mol. The van der Waals surface area contributed by atoms with Crippen LogP contribution in [0.1, 0.15) is 32.6 Å². The number of carbonyl (C=O) groups is 2. The largest absolute Gasteiger partial charge is 0.369 e. The first-order valence-corrected chi connectivity index (χ1v) is 6.37.